The lowest BCUT2D eigenvalue weighted by atomic mass is 9.98. The molecule has 2 aromatic heterocycles. The summed E-state index contributed by atoms with van der Waals surface area (Å²) >= 11 is 1.44. The van der Waals surface area contributed by atoms with Crippen LogP contribution >= 0.6 is 11.3 Å². The van der Waals surface area contributed by atoms with E-state index in [1.54, 1.807) is 36.7 Å². The molecular weight excluding hydrogens is 436 g/mol. The topological polar surface area (TPSA) is 79.7 Å². The Labute approximate surface area is 197 Å². The lowest BCUT2D eigenvalue weighted by Crippen LogP contribution is -2.28. The summed E-state index contributed by atoms with van der Waals surface area (Å²) in [6, 6.07) is 12.0. The first-order valence-electron chi connectivity index (χ1n) is 10.8. The monoisotopic (exact) mass is 462 g/mol. The second kappa shape index (κ2) is 9.58. The molecule has 1 fully saturated rings. The highest BCUT2D eigenvalue weighted by Gasteiger charge is 2.46. The van der Waals surface area contributed by atoms with Gasteiger partial charge in [0, 0.05) is 29.4 Å². The minimum absolute atomic E-state index is 0.0987. The minimum atomic E-state index is -0.687. The number of amides is 1. The number of likely N-dealkylation sites (tertiary alicyclic amines) is 1. The molecule has 1 aliphatic heterocycles. The van der Waals surface area contributed by atoms with Crippen LogP contribution in [0.3, 0.4) is 0 Å². The summed E-state index contributed by atoms with van der Waals surface area (Å²) in [6.07, 6.45) is 3.33. The number of aromatic nitrogens is 1. The van der Waals surface area contributed by atoms with Crippen LogP contribution in [0.2, 0.25) is 0 Å². The van der Waals surface area contributed by atoms with Crippen LogP contribution in [0.25, 0.3) is 5.76 Å². The zero-order valence-electron chi connectivity index (χ0n) is 18.8. The minimum Gasteiger partial charge on any atom is -0.507 e. The number of aliphatic hydroxyl groups excluding tert-OH is 1. The first-order chi connectivity index (χ1) is 15.9. The van der Waals surface area contributed by atoms with Gasteiger partial charge in [0.05, 0.1) is 18.2 Å². The summed E-state index contributed by atoms with van der Waals surface area (Å²) < 4.78 is 5.83. The van der Waals surface area contributed by atoms with Crippen molar-refractivity contribution >= 4 is 28.8 Å². The number of aliphatic hydroxyl groups is 1. The number of aryl methyl sites for hydroxylation is 1. The molecule has 1 amide bonds. The molecule has 0 unspecified atom stereocenters. The third-order valence-electron chi connectivity index (χ3n) is 5.45. The molecular formula is C26H26N2O4S. The molecule has 0 spiro atoms. The van der Waals surface area contributed by atoms with Gasteiger partial charge in [-0.1, -0.05) is 26.0 Å². The first kappa shape index (κ1) is 22.7. The number of ketones is 1. The molecule has 0 aliphatic carbocycles. The van der Waals surface area contributed by atoms with Gasteiger partial charge < -0.3 is 14.7 Å². The van der Waals surface area contributed by atoms with Gasteiger partial charge in [-0.05, 0) is 59.7 Å². The third-order valence-corrected chi connectivity index (χ3v) is 6.37. The van der Waals surface area contributed by atoms with Crippen LogP contribution in [0.15, 0.2) is 65.8 Å². The Bertz CT molecular complexity index is 1190. The Hall–Kier alpha value is -3.45. The number of nitrogens with zero attached hydrogens (tertiary/aromatic N) is 2. The van der Waals surface area contributed by atoms with Crippen LogP contribution in [0, 0.1) is 12.8 Å². The zero-order chi connectivity index (χ0) is 23.5. The molecule has 33 heavy (non-hydrogen) atoms. The zero-order valence-corrected chi connectivity index (χ0v) is 19.6. The molecule has 3 aromatic rings. The maximum Gasteiger partial charge on any atom is 0.295 e. The van der Waals surface area contributed by atoms with Crippen molar-refractivity contribution < 1.29 is 19.4 Å². The van der Waals surface area contributed by atoms with Gasteiger partial charge in [-0.15, -0.1) is 11.3 Å². The number of thiophene rings is 1. The van der Waals surface area contributed by atoms with E-state index in [0.717, 1.165) is 21.8 Å². The molecule has 1 saturated heterocycles. The van der Waals surface area contributed by atoms with E-state index in [1.807, 2.05) is 30.5 Å². The van der Waals surface area contributed by atoms with Crippen LogP contribution in [-0.4, -0.2) is 33.3 Å². The fourth-order valence-corrected chi connectivity index (χ4v) is 4.69. The molecule has 1 atom stereocenters. The summed E-state index contributed by atoms with van der Waals surface area (Å²) in [4.78, 5) is 32.6. The Morgan fingerprint density at radius 3 is 2.67 bits per heavy atom. The molecule has 0 radical (unpaired) electrons. The molecule has 0 saturated carbocycles. The summed E-state index contributed by atoms with van der Waals surface area (Å²) in [6.45, 7) is 6.85. The second-order valence-electron chi connectivity index (χ2n) is 8.49. The van der Waals surface area contributed by atoms with Gasteiger partial charge in [-0.2, -0.15) is 0 Å². The van der Waals surface area contributed by atoms with Crippen molar-refractivity contribution in [1.82, 2.24) is 9.88 Å². The fourth-order valence-electron chi connectivity index (χ4n) is 3.84. The molecule has 1 aromatic carbocycles. The average molecular weight is 463 g/mol. The van der Waals surface area contributed by atoms with E-state index in [0.29, 0.717) is 18.1 Å². The number of carbonyl (C=O) groups excluding carboxylic acids is 2. The van der Waals surface area contributed by atoms with Crippen LogP contribution < -0.4 is 4.74 Å². The van der Waals surface area contributed by atoms with Gasteiger partial charge in [0.1, 0.15) is 11.5 Å². The molecule has 170 valence electrons. The highest BCUT2D eigenvalue weighted by atomic mass is 32.1. The summed E-state index contributed by atoms with van der Waals surface area (Å²) in [5, 5.41) is 13.1. The standard InChI is InChI=1S/C26H26N2O4S/c1-16(2)15-32-20-9-8-19(12-17(20)3)24(29)22-23(21-7-5-11-33-21)28(26(31)25(22)30)14-18-6-4-10-27-13-18/h4-13,16,23,29H,14-15H2,1-3H3/t23-/m1/s1. The highest BCUT2D eigenvalue weighted by molar-refractivity contribution is 7.10. The fraction of sp³-hybridized carbons (Fsp3) is 0.269. The maximum atomic E-state index is 13.1. The van der Waals surface area contributed by atoms with Crippen molar-refractivity contribution in [3.8, 4) is 5.75 Å². The van der Waals surface area contributed by atoms with Gasteiger partial charge >= 0.3 is 0 Å². The molecule has 1 N–H and O–H groups in total. The molecule has 0 bridgehead atoms. The number of Topliss-reactive ketones (excluding diaryl/α,β-unsaturated/α-hetero) is 1. The molecule has 7 heteroatoms. The van der Waals surface area contributed by atoms with E-state index in [9.17, 15) is 14.7 Å². The second-order valence-corrected chi connectivity index (χ2v) is 9.47. The van der Waals surface area contributed by atoms with E-state index in [1.165, 1.54) is 16.2 Å². The highest BCUT2D eigenvalue weighted by Crippen LogP contribution is 2.42. The van der Waals surface area contributed by atoms with Crippen LogP contribution in [-0.2, 0) is 16.1 Å². The number of benzene rings is 1. The quantitative estimate of drug-likeness (QED) is 0.300. The third kappa shape index (κ3) is 4.68. The van der Waals surface area contributed by atoms with Crippen molar-refractivity contribution in [2.75, 3.05) is 6.61 Å². The number of rotatable bonds is 7. The van der Waals surface area contributed by atoms with E-state index < -0.39 is 17.7 Å². The van der Waals surface area contributed by atoms with E-state index in [4.69, 9.17) is 4.74 Å². The van der Waals surface area contributed by atoms with Crippen LogP contribution in [0.1, 0.15) is 41.5 Å². The predicted molar refractivity (Wildman–Crippen MR) is 128 cm³/mol. The van der Waals surface area contributed by atoms with Crippen molar-refractivity contribution in [2.24, 2.45) is 5.92 Å². The number of hydrogen-bond acceptors (Lipinski definition) is 6. The summed E-state index contributed by atoms with van der Waals surface area (Å²) in [5.74, 6) is -0.384. The van der Waals surface area contributed by atoms with E-state index in [-0.39, 0.29) is 17.9 Å². The predicted octanol–water partition coefficient (Wildman–Crippen LogP) is 5.11. The summed E-state index contributed by atoms with van der Waals surface area (Å²) in [7, 11) is 0. The Kier molecular flexibility index (Phi) is 6.60. The number of ether oxygens (including phenoxy) is 1. The average Bonchev–Trinajstić information content (AvgIpc) is 3.41. The first-order valence-corrected chi connectivity index (χ1v) is 11.7. The van der Waals surface area contributed by atoms with Gasteiger partial charge in [-0.25, -0.2) is 0 Å². The normalized spacial score (nSPS) is 17.7. The van der Waals surface area contributed by atoms with Crippen molar-refractivity contribution in [2.45, 2.75) is 33.4 Å². The molecule has 4 rings (SSSR count). The van der Waals surface area contributed by atoms with Gasteiger partial charge in [-0.3, -0.25) is 14.6 Å². The lowest BCUT2D eigenvalue weighted by molar-refractivity contribution is -0.140. The van der Waals surface area contributed by atoms with Crippen molar-refractivity contribution in [3.05, 3.63) is 87.4 Å². The number of carbonyl (C=O) groups is 2. The van der Waals surface area contributed by atoms with Crippen molar-refractivity contribution in [3.63, 3.8) is 0 Å². The SMILES string of the molecule is Cc1cc(C(O)=C2C(=O)C(=O)N(Cc3cccnc3)[C@@H]2c2cccs2)ccc1OCC(C)C. The van der Waals surface area contributed by atoms with E-state index in [2.05, 4.69) is 18.8 Å². The Balaban J connectivity index is 1.75. The van der Waals surface area contributed by atoms with E-state index >= 15 is 0 Å². The Morgan fingerprint density at radius 2 is 2.03 bits per heavy atom. The van der Waals surface area contributed by atoms with Gasteiger partial charge in [0.2, 0.25) is 0 Å². The van der Waals surface area contributed by atoms with Crippen molar-refractivity contribution in [1.29, 1.82) is 0 Å². The molecule has 1 aliphatic rings. The smallest absolute Gasteiger partial charge is 0.295 e. The Morgan fingerprint density at radius 1 is 1.21 bits per heavy atom. The van der Waals surface area contributed by atoms with Gasteiger partial charge in [0.15, 0.2) is 0 Å². The number of pyridine rings is 1. The van der Waals surface area contributed by atoms with Crippen LogP contribution in [0.4, 0.5) is 0 Å². The van der Waals surface area contributed by atoms with Gasteiger partial charge in [0.25, 0.3) is 11.7 Å². The maximum absolute atomic E-state index is 13.1. The summed E-state index contributed by atoms with van der Waals surface area (Å²) in [5.41, 5.74) is 2.23. The lowest BCUT2D eigenvalue weighted by Gasteiger charge is -2.24. The largest absolute Gasteiger partial charge is 0.507 e. The molecule has 3 heterocycles. The molecule has 6 nitrogen and oxygen atoms in total. The number of hydrogen-bond donors (Lipinski definition) is 1. The van der Waals surface area contributed by atoms with Crippen LogP contribution in [0.5, 0.6) is 5.75 Å².